The Labute approximate surface area is 92.7 Å². The Bertz CT molecular complexity index is 89.7. The molecule has 0 N–H and O–H groups in total. The molecule has 10 heavy (non-hydrogen) atoms. The summed E-state index contributed by atoms with van der Waals surface area (Å²) >= 11 is 20.0. The van der Waals surface area contributed by atoms with Gasteiger partial charge < -0.3 is 0 Å². The fourth-order valence-electron chi connectivity index (χ4n) is 0.340. The summed E-state index contributed by atoms with van der Waals surface area (Å²) in [5, 5.41) is 0.723. The molecule has 0 amide bonds. The predicted octanol–water partition coefficient (Wildman–Crippen LogP) is 3.09. The van der Waals surface area contributed by atoms with Crippen molar-refractivity contribution < 1.29 is 0 Å². The van der Waals surface area contributed by atoms with Crippen LogP contribution in [0.25, 0.3) is 0 Å². The molecule has 0 fully saturated rings. The van der Waals surface area contributed by atoms with Gasteiger partial charge in [0.05, 0.1) is 0 Å². The maximum Gasteiger partial charge on any atom is 0.149 e. The molecular weight excluding hydrogens is 240 g/mol. The molecule has 0 aromatic carbocycles. The van der Waals surface area contributed by atoms with Crippen LogP contribution >= 0.6 is 74.0 Å². The van der Waals surface area contributed by atoms with Crippen LogP contribution in [-0.4, -0.2) is 12.4 Å². The van der Waals surface area contributed by atoms with Gasteiger partial charge in [-0.15, -0.1) is 48.8 Å². The number of rotatable bonds is 4. The molecule has 0 aliphatic rings. The van der Waals surface area contributed by atoms with E-state index in [1.165, 1.54) is 0 Å². The third-order valence-electron chi connectivity index (χ3n) is 0.577. The van der Waals surface area contributed by atoms with E-state index in [0.717, 1.165) is 5.08 Å². The highest BCUT2D eigenvalue weighted by Crippen LogP contribution is 2.47. The summed E-state index contributed by atoms with van der Waals surface area (Å²) in [6.07, 6.45) is 0. The number of hydrogen-bond acceptors (Lipinski definition) is 6. The molecular formula is C4H10S6. The van der Waals surface area contributed by atoms with E-state index in [0.29, 0.717) is 0 Å². The van der Waals surface area contributed by atoms with Gasteiger partial charge in [0.2, 0.25) is 0 Å². The van der Waals surface area contributed by atoms with Crippen molar-refractivity contribution in [3.8, 4) is 0 Å². The third-order valence-corrected chi connectivity index (χ3v) is 4.48. The summed E-state index contributed by atoms with van der Waals surface area (Å²) in [5.41, 5.74) is 0. The quantitative estimate of drug-likeness (QED) is 0.447. The number of thiol groups is 4. The monoisotopic (exact) mass is 250 g/mol. The number of hydrogen-bond donors (Lipinski definition) is 4. The smallest absolute Gasteiger partial charge is 0.149 e. The van der Waals surface area contributed by atoms with Gasteiger partial charge in [0, 0.05) is 9.67 Å². The van der Waals surface area contributed by atoms with E-state index in [4.69, 9.17) is 0 Å². The summed E-state index contributed by atoms with van der Waals surface area (Å²) in [4.78, 5) is 0. The molecule has 0 heterocycles. The van der Waals surface area contributed by atoms with E-state index in [2.05, 4.69) is 50.5 Å². The molecule has 0 radical (unpaired) electrons. The minimum Gasteiger partial charge on any atom is -0.168 e. The van der Waals surface area contributed by atoms with Gasteiger partial charge in [-0.2, -0.15) is 25.3 Å². The minimum atomic E-state index is -0.358. The first-order chi connectivity index (χ1) is 4.48. The van der Waals surface area contributed by atoms with E-state index < -0.39 is 0 Å². The van der Waals surface area contributed by atoms with Crippen molar-refractivity contribution in [3.05, 3.63) is 0 Å². The summed E-state index contributed by atoms with van der Waals surface area (Å²) in [7, 11) is 0. The van der Waals surface area contributed by atoms with Crippen LogP contribution in [0.4, 0.5) is 0 Å². The first-order valence-corrected chi connectivity index (χ1v) is 6.44. The second-order valence-corrected chi connectivity index (χ2v) is 9.32. The van der Waals surface area contributed by atoms with Crippen LogP contribution in [-0.2, 0) is 0 Å². The van der Waals surface area contributed by atoms with Gasteiger partial charge in [0.1, 0.15) is 2.74 Å². The first-order valence-electron chi connectivity index (χ1n) is 2.53. The molecule has 0 aromatic rings. The SMILES string of the molecule is CC(S)SC(S)(S)SCS. The Morgan fingerprint density at radius 3 is 2.30 bits per heavy atom. The van der Waals surface area contributed by atoms with Crippen LogP contribution in [0.2, 0.25) is 0 Å². The molecule has 0 rings (SSSR count). The number of thioether (sulfide) groups is 2. The lowest BCUT2D eigenvalue weighted by molar-refractivity contribution is 1.43. The molecule has 0 nitrogen and oxygen atoms in total. The van der Waals surface area contributed by atoms with Gasteiger partial charge in [-0.25, -0.2) is 0 Å². The molecule has 0 saturated heterocycles. The lowest BCUT2D eigenvalue weighted by Gasteiger charge is -2.21. The Morgan fingerprint density at radius 1 is 1.50 bits per heavy atom. The van der Waals surface area contributed by atoms with Crippen LogP contribution in [0.15, 0.2) is 0 Å². The van der Waals surface area contributed by atoms with Crippen molar-refractivity contribution in [1.29, 1.82) is 0 Å². The molecule has 1 unspecified atom stereocenters. The van der Waals surface area contributed by atoms with Crippen molar-refractivity contribution >= 4 is 74.0 Å². The summed E-state index contributed by atoms with van der Waals surface area (Å²) in [6, 6.07) is 0. The van der Waals surface area contributed by atoms with Crippen molar-refractivity contribution in [2.24, 2.45) is 0 Å². The zero-order valence-corrected chi connectivity index (χ0v) is 10.6. The van der Waals surface area contributed by atoms with Gasteiger partial charge in [-0.3, -0.25) is 0 Å². The highest BCUT2D eigenvalue weighted by molar-refractivity contribution is 8.43. The molecule has 0 aromatic heterocycles. The van der Waals surface area contributed by atoms with Crippen LogP contribution < -0.4 is 0 Å². The van der Waals surface area contributed by atoms with E-state index in [1.54, 1.807) is 23.5 Å². The second kappa shape index (κ2) is 5.70. The van der Waals surface area contributed by atoms with Crippen molar-refractivity contribution in [3.63, 3.8) is 0 Å². The van der Waals surface area contributed by atoms with Gasteiger partial charge in [0.25, 0.3) is 0 Å². The van der Waals surface area contributed by atoms with E-state index >= 15 is 0 Å². The lowest BCUT2D eigenvalue weighted by Crippen LogP contribution is -2.04. The standard InChI is InChI=1S/C4H10S6/c1-3(6)10-4(7,8)9-2-5/h3,5-8H,2H2,1H3. The highest BCUT2D eigenvalue weighted by Gasteiger charge is 2.22. The minimum absolute atomic E-state index is 0.252. The Kier molecular flexibility index (Phi) is 6.89. The van der Waals surface area contributed by atoms with Crippen LogP contribution in [0.5, 0.6) is 0 Å². The fourth-order valence-corrected chi connectivity index (χ4v) is 5.81. The van der Waals surface area contributed by atoms with Crippen LogP contribution in [0, 0.1) is 0 Å². The van der Waals surface area contributed by atoms with Gasteiger partial charge in [-0.1, -0.05) is 0 Å². The predicted molar refractivity (Wildman–Crippen MR) is 68.2 cm³/mol. The van der Waals surface area contributed by atoms with Crippen molar-refractivity contribution in [1.82, 2.24) is 0 Å². The second-order valence-electron chi connectivity index (χ2n) is 1.54. The molecule has 1 atom stereocenters. The summed E-state index contributed by atoms with van der Waals surface area (Å²) in [6.45, 7) is 1.99. The summed E-state index contributed by atoms with van der Waals surface area (Å²) in [5.74, 6) is 0. The molecule has 0 aliphatic carbocycles. The zero-order valence-electron chi connectivity index (χ0n) is 5.39. The molecule has 6 heteroatoms. The highest BCUT2D eigenvalue weighted by atomic mass is 32.3. The Hall–Kier alpha value is 2.10. The third kappa shape index (κ3) is 6.79. The lowest BCUT2D eigenvalue weighted by atomic mass is 11.0. The normalized spacial score (nSPS) is 15.3. The molecule has 0 spiro atoms. The largest absolute Gasteiger partial charge is 0.168 e. The topological polar surface area (TPSA) is 0 Å². The van der Waals surface area contributed by atoms with Crippen molar-refractivity contribution in [2.75, 3.05) is 5.08 Å². The molecule has 0 bridgehead atoms. The van der Waals surface area contributed by atoms with Crippen LogP contribution in [0.1, 0.15) is 6.92 Å². The van der Waals surface area contributed by atoms with E-state index in [9.17, 15) is 0 Å². The average molecular weight is 251 g/mol. The maximum absolute atomic E-state index is 4.30. The van der Waals surface area contributed by atoms with E-state index in [1.807, 2.05) is 6.92 Å². The van der Waals surface area contributed by atoms with Crippen LogP contribution in [0.3, 0.4) is 0 Å². The zero-order chi connectivity index (χ0) is 8.20. The fraction of sp³-hybridized carbons (Fsp3) is 1.00. The van der Waals surface area contributed by atoms with Gasteiger partial charge in [0.15, 0.2) is 0 Å². The first kappa shape index (κ1) is 12.1. The maximum atomic E-state index is 4.30. The van der Waals surface area contributed by atoms with Crippen molar-refractivity contribution in [2.45, 2.75) is 14.2 Å². The van der Waals surface area contributed by atoms with Gasteiger partial charge >= 0.3 is 0 Å². The molecule has 62 valence electrons. The Morgan fingerprint density at radius 2 is 2.00 bits per heavy atom. The molecule has 0 aliphatic heterocycles. The van der Waals surface area contributed by atoms with Gasteiger partial charge in [-0.05, 0) is 6.92 Å². The summed E-state index contributed by atoms with van der Waals surface area (Å²) < 4.78 is -0.106. The Balaban J connectivity index is 3.63. The van der Waals surface area contributed by atoms with E-state index in [-0.39, 0.29) is 7.33 Å². The average Bonchev–Trinajstić information content (AvgIpc) is 1.59. The molecule has 0 saturated carbocycles.